The fourth-order valence-corrected chi connectivity index (χ4v) is 5.95. The van der Waals surface area contributed by atoms with E-state index in [9.17, 15) is 9.59 Å². The molecule has 0 saturated carbocycles. The van der Waals surface area contributed by atoms with Crippen molar-refractivity contribution >= 4 is 34.9 Å². The van der Waals surface area contributed by atoms with Crippen LogP contribution < -0.4 is 10.6 Å². The molecule has 0 unspecified atom stereocenters. The molecule has 0 bridgehead atoms. The molecule has 2 amide bonds. The van der Waals surface area contributed by atoms with Crippen LogP contribution in [0.5, 0.6) is 0 Å². The summed E-state index contributed by atoms with van der Waals surface area (Å²) in [6.45, 7) is 8.78. The highest BCUT2D eigenvalue weighted by Gasteiger charge is 2.26. The van der Waals surface area contributed by atoms with Crippen LogP contribution in [0.1, 0.15) is 41.7 Å². The van der Waals surface area contributed by atoms with Gasteiger partial charge in [-0.3, -0.25) is 14.9 Å². The van der Waals surface area contributed by atoms with Gasteiger partial charge in [-0.15, -0.1) is 22.7 Å². The summed E-state index contributed by atoms with van der Waals surface area (Å²) in [4.78, 5) is 38.1. The van der Waals surface area contributed by atoms with E-state index in [0.717, 1.165) is 27.4 Å². The number of alkyl carbamates (subject to hydrolysis) is 2. The SMILES string of the molecule is CC(C)(C)CN(C[C@@H](Cc1ccccc1)NC(=O)OCc1cncs1)C[C@@H](Cc1ccccc1)NC(=O)OCc1cncs1. The molecule has 4 aromatic rings. The maximum atomic E-state index is 12.9. The van der Waals surface area contributed by atoms with Gasteiger partial charge in [0.2, 0.25) is 0 Å². The molecule has 0 aliphatic heterocycles. The van der Waals surface area contributed by atoms with E-state index in [2.05, 4.69) is 70.5 Å². The maximum absolute atomic E-state index is 12.9. The lowest BCUT2D eigenvalue weighted by Gasteiger charge is -2.35. The highest BCUT2D eigenvalue weighted by atomic mass is 32.1. The average Bonchev–Trinajstić information content (AvgIpc) is 3.70. The molecule has 0 aliphatic carbocycles. The molecule has 9 nitrogen and oxygen atoms in total. The molecule has 4 rings (SSSR count). The fraction of sp³-hybridized carbons (Fsp3) is 0.394. The van der Waals surface area contributed by atoms with E-state index in [4.69, 9.17) is 9.47 Å². The van der Waals surface area contributed by atoms with E-state index in [0.29, 0.717) is 25.9 Å². The van der Waals surface area contributed by atoms with Crippen molar-refractivity contribution in [3.63, 3.8) is 0 Å². The Morgan fingerprint density at radius 2 is 1.18 bits per heavy atom. The van der Waals surface area contributed by atoms with Crippen LogP contribution in [0, 0.1) is 5.41 Å². The van der Waals surface area contributed by atoms with Crippen LogP contribution in [0.15, 0.2) is 84.1 Å². The number of ether oxygens (including phenoxy) is 2. The second kappa shape index (κ2) is 16.9. The normalized spacial score (nSPS) is 12.8. The lowest BCUT2D eigenvalue weighted by molar-refractivity contribution is 0.119. The highest BCUT2D eigenvalue weighted by Crippen LogP contribution is 2.18. The minimum Gasteiger partial charge on any atom is -0.444 e. The minimum absolute atomic E-state index is 0.0338. The number of hydrogen-bond donors (Lipinski definition) is 2. The first-order chi connectivity index (χ1) is 21.2. The lowest BCUT2D eigenvalue weighted by Crippen LogP contribution is -2.52. The molecule has 11 heteroatoms. The molecule has 0 aliphatic rings. The number of nitrogens with one attached hydrogen (secondary N) is 2. The van der Waals surface area contributed by atoms with Gasteiger partial charge in [0.15, 0.2) is 0 Å². The number of hydrogen-bond acceptors (Lipinski definition) is 9. The zero-order valence-electron chi connectivity index (χ0n) is 25.5. The second-order valence-electron chi connectivity index (χ2n) is 11.9. The Kier molecular flexibility index (Phi) is 12.7. The van der Waals surface area contributed by atoms with Gasteiger partial charge in [-0.05, 0) is 29.4 Å². The van der Waals surface area contributed by atoms with Crippen LogP contribution in [0.3, 0.4) is 0 Å². The summed E-state index contributed by atoms with van der Waals surface area (Å²) in [5.41, 5.74) is 5.62. The summed E-state index contributed by atoms with van der Waals surface area (Å²) in [6.07, 6.45) is 3.72. The van der Waals surface area contributed by atoms with Crippen LogP contribution in [0.4, 0.5) is 9.59 Å². The van der Waals surface area contributed by atoms with E-state index in [-0.39, 0.29) is 30.7 Å². The van der Waals surface area contributed by atoms with E-state index < -0.39 is 12.2 Å². The van der Waals surface area contributed by atoms with Crippen LogP contribution in [0.25, 0.3) is 0 Å². The minimum atomic E-state index is -0.472. The van der Waals surface area contributed by atoms with Crippen molar-refractivity contribution in [3.8, 4) is 0 Å². The standard InChI is InChI=1S/C33H41N5O4S2/c1-33(2,3)22-38(18-27(14-25-10-6-4-7-11-25)36-31(39)41-20-29-16-34-23-43-29)19-28(15-26-12-8-5-9-13-26)37-32(40)42-21-30-17-35-24-44-30/h4-13,16-17,23-24,27-28H,14-15,18-22H2,1-3H3,(H,36,39)(H,37,40)/t27-,28-/m1/s1. The van der Waals surface area contributed by atoms with Gasteiger partial charge in [-0.25, -0.2) is 9.59 Å². The molecular weight excluding hydrogens is 595 g/mol. The smallest absolute Gasteiger partial charge is 0.407 e. The van der Waals surface area contributed by atoms with Gasteiger partial charge in [0, 0.05) is 44.1 Å². The highest BCUT2D eigenvalue weighted by molar-refractivity contribution is 7.09. The number of nitrogens with zero attached hydrogens (tertiary/aromatic N) is 3. The number of rotatable bonds is 15. The van der Waals surface area contributed by atoms with Crippen molar-refractivity contribution in [1.29, 1.82) is 0 Å². The third kappa shape index (κ3) is 12.4. The average molecular weight is 636 g/mol. The predicted octanol–water partition coefficient (Wildman–Crippen LogP) is 6.32. The van der Waals surface area contributed by atoms with E-state index in [1.54, 1.807) is 23.4 Å². The number of carbonyl (C=O) groups is 2. The Labute approximate surface area is 267 Å². The third-order valence-corrected chi connectivity index (χ3v) is 8.11. The lowest BCUT2D eigenvalue weighted by atomic mass is 9.94. The Hall–Kier alpha value is -3.80. The first kappa shape index (κ1) is 33.1. The molecule has 2 aromatic heterocycles. The van der Waals surface area contributed by atoms with E-state index in [1.807, 2.05) is 36.4 Å². The first-order valence-electron chi connectivity index (χ1n) is 14.6. The van der Waals surface area contributed by atoms with Crippen LogP contribution in [0.2, 0.25) is 0 Å². The molecule has 0 spiro atoms. The molecular formula is C33H41N5O4S2. The summed E-state index contributed by atoms with van der Waals surface area (Å²) in [5.74, 6) is 0. The van der Waals surface area contributed by atoms with Gasteiger partial charge in [0.05, 0.1) is 20.8 Å². The van der Waals surface area contributed by atoms with Gasteiger partial charge in [0.1, 0.15) is 13.2 Å². The van der Waals surface area contributed by atoms with Gasteiger partial charge in [-0.1, -0.05) is 81.4 Å². The molecule has 0 fully saturated rings. The summed E-state index contributed by atoms with van der Waals surface area (Å²) < 4.78 is 11.1. The molecule has 0 saturated heterocycles. The number of benzene rings is 2. The number of thiazole rings is 2. The second-order valence-corrected chi connectivity index (χ2v) is 13.8. The quantitative estimate of drug-likeness (QED) is 0.157. The Morgan fingerprint density at radius 3 is 1.55 bits per heavy atom. The van der Waals surface area contributed by atoms with E-state index >= 15 is 0 Å². The molecule has 2 heterocycles. The van der Waals surface area contributed by atoms with Crippen molar-refractivity contribution in [2.75, 3.05) is 19.6 Å². The van der Waals surface area contributed by atoms with Crippen LogP contribution in [-0.2, 0) is 35.5 Å². The Morgan fingerprint density at radius 1 is 0.750 bits per heavy atom. The number of amides is 2. The van der Waals surface area contributed by atoms with Gasteiger partial charge in [-0.2, -0.15) is 0 Å². The molecule has 44 heavy (non-hydrogen) atoms. The maximum Gasteiger partial charge on any atom is 0.407 e. The first-order valence-corrected chi connectivity index (χ1v) is 16.4. The van der Waals surface area contributed by atoms with Crippen molar-refractivity contribution in [2.24, 2.45) is 5.41 Å². The van der Waals surface area contributed by atoms with Crippen molar-refractivity contribution < 1.29 is 19.1 Å². The largest absolute Gasteiger partial charge is 0.444 e. The van der Waals surface area contributed by atoms with Crippen molar-refractivity contribution in [2.45, 2.75) is 58.9 Å². The summed E-state index contributed by atoms with van der Waals surface area (Å²) >= 11 is 2.89. The van der Waals surface area contributed by atoms with Gasteiger partial charge in [0.25, 0.3) is 0 Å². The zero-order valence-corrected chi connectivity index (χ0v) is 27.1. The monoisotopic (exact) mass is 635 g/mol. The predicted molar refractivity (Wildman–Crippen MR) is 175 cm³/mol. The van der Waals surface area contributed by atoms with Gasteiger partial charge < -0.3 is 20.1 Å². The molecule has 234 valence electrons. The summed E-state index contributed by atoms with van der Waals surface area (Å²) in [5, 5.41) is 6.22. The zero-order chi connectivity index (χ0) is 31.2. The Balaban J connectivity index is 1.49. The van der Waals surface area contributed by atoms with Crippen LogP contribution >= 0.6 is 22.7 Å². The fourth-order valence-electron chi connectivity index (χ4n) is 4.93. The summed E-state index contributed by atoms with van der Waals surface area (Å²) in [7, 11) is 0. The molecule has 2 atom stereocenters. The third-order valence-electron chi connectivity index (χ3n) is 6.61. The molecule has 2 aromatic carbocycles. The topological polar surface area (TPSA) is 106 Å². The van der Waals surface area contributed by atoms with Gasteiger partial charge >= 0.3 is 12.2 Å². The van der Waals surface area contributed by atoms with Crippen molar-refractivity contribution in [1.82, 2.24) is 25.5 Å². The van der Waals surface area contributed by atoms with E-state index in [1.165, 1.54) is 22.7 Å². The van der Waals surface area contributed by atoms with Crippen LogP contribution in [-0.4, -0.2) is 58.8 Å². The number of aromatic nitrogens is 2. The molecule has 2 N–H and O–H groups in total. The molecule has 0 radical (unpaired) electrons. The Bertz CT molecular complexity index is 1280. The number of carbonyl (C=O) groups excluding carboxylic acids is 2. The van der Waals surface area contributed by atoms with Crippen molar-refractivity contribution in [3.05, 3.63) is 105 Å². The summed E-state index contributed by atoms with van der Waals surface area (Å²) in [6, 6.07) is 19.7.